The van der Waals surface area contributed by atoms with E-state index >= 15 is 0 Å². The molecule has 0 saturated carbocycles. The van der Waals surface area contributed by atoms with Crippen molar-refractivity contribution < 1.29 is 31.1 Å². The molecule has 2 atom stereocenters. The van der Waals surface area contributed by atoms with E-state index < -0.39 is 47.0 Å². The summed E-state index contributed by atoms with van der Waals surface area (Å²) in [5, 5.41) is 0. The van der Waals surface area contributed by atoms with Gasteiger partial charge < -0.3 is 4.74 Å². The molecule has 0 spiro atoms. The van der Waals surface area contributed by atoms with Crippen molar-refractivity contribution in [3.05, 3.63) is 70.0 Å². The molecule has 0 radical (unpaired) electrons. The highest BCUT2D eigenvalue weighted by atomic mass is 19.3. The number of unbranched alkanes of at least 4 members (excludes halogenated alkanes) is 1. The van der Waals surface area contributed by atoms with Gasteiger partial charge in [0.05, 0.1) is 5.56 Å². The fourth-order valence-electron chi connectivity index (χ4n) is 3.14. The van der Waals surface area contributed by atoms with E-state index in [0.717, 1.165) is 19.4 Å². The molecule has 1 nitrogen and oxygen atoms in total. The van der Waals surface area contributed by atoms with Gasteiger partial charge >= 0.3 is 6.11 Å². The maximum Gasteiger partial charge on any atom is 0.426 e. The van der Waals surface area contributed by atoms with Gasteiger partial charge in [0.2, 0.25) is 0 Å². The number of allylic oxidation sites excluding steroid dienone is 5. The molecule has 1 aliphatic carbocycles. The Morgan fingerprint density at radius 3 is 2.52 bits per heavy atom. The van der Waals surface area contributed by atoms with Crippen molar-refractivity contribution in [2.45, 2.75) is 64.9 Å². The highest BCUT2D eigenvalue weighted by Gasteiger charge is 2.39. The minimum atomic E-state index is -4.06. The normalized spacial score (nSPS) is 21.3. The first-order valence-electron chi connectivity index (χ1n) is 9.39. The summed E-state index contributed by atoms with van der Waals surface area (Å²) in [7, 11) is 0. The topological polar surface area (TPSA) is 9.23 Å². The molecule has 0 aromatic heterocycles. The van der Waals surface area contributed by atoms with Crippen molar-refractivity contribution >= 4 is 0 Å². The van der Waals surface area contributed by atoms with Crippen LogP contribution in [0.25, 0.3) is 0 Å². The van der Waals surface area contributed by atoms with Crippen LogP contribution >= 0.6 is 0 Å². The molecule has 2 unspecified atom stereocenters. The fraction of sp³-hybridized carbons (Fsp3) is 0.455. The van der Waals surface area contributed by atoms with E-state index in [1.807, 2.05) is 6.92 Å². The molecule has 0 heterocycles. The van der Waals surface area contributed by atoms with E-state index in [0.29, 0.717) is 24.5 Å². The van der Waals surface area contributed by atoms with Crippen molar-refractivity contribution in [2.24, 2.45) is 0 Å². The Hall–Kier alpha value is -2.18. The quantitative estimate of drug-likeness (QED) is 0.331. The first kappa shape index (κ1) is 23.1. The number of rotatable bonds is 7. The molecule has 0 fully saturated rings. The van der Waals surface area contributed by atoms with Crippen molar-refractivity contribution in [3.63, 3.8) is 0 Å². The van der Waals surface area contributed by atoms with Crippen LogP contribution in [0.2, 0.25) is 0 Å². The first-order chi connectivity index (χ1) is 13.5. The lowest BCUT2D eigenvalue weighted by molar-refractivity contribution is -0.225. The SMILES string of the molecule is C=C1CC(F)C(F)C(/C(F)=C(\C)OC(F)(F)c2ccc(CCCC)c(F)c2)=C1C. The van der Waals surface area contributed by atoms with Gasteiger partial charge in [-0.15, -0.1) is 0 Å². The zero-order valence-corrected chi connectivity index (χ0v) is 16.6. The highest BCUT2D eigenvalue weighted by molar-refractivity contribution is 5.47. The highest BCUT2D eigenvalue weighted by Crippen LogP contribution is 2.40. The van der Waals surface area contributed by atoms with Crippen molar-refractivity contribution in [2.75, 3.05) is 0 Å². The predicted molar refractivity (Wildman–Crippen MR) is 100 cm³/mol. The van der Waals surface area contributed by atoms with Crippen molar-refractivity contribution in [3.8, 4) is 0 Å². The summed E-state index contributed by atoms with van der Waals surface area (Å²) in [5.74, 6) is -3.16. The Morgan fingerprint density at radius 2 is 1.93 bits per heavy atom. The molecule has 0 amide bonds. The summed E-state index contributed by atoms with van der Waals surface area (Å²) in [6.07, 6.45) is -6.78. The second-order valence-electron chi connectivity index (χ2n) is 7.16. The summed E-state index contributed by atoms with van der Waals surface area (Å²) in [6.45, 7) is 7.69. The third-order valence-corrected chi connectivity index (χ3v) is 4.98. The standard InChI is InChI=1S/C22H24F6O/c1-5-6-7-15-8-9-16(11-17(15)23)22(27,28)29-14(4)20(25)19-13(3)12(2)10-18(24)21(19)26/h8-9,11,18,21H,2,5-7,10H2,1,3-4H3/b20-14-. The minimum Gasteiger partial charge on any atom is -0.431 e. The lowest BCUT2D eigenvalue weighted by Crippen LogP contribution is -2.27. The molecule has 29 heavy (non-hydrogen) atoms. The molecule has 7 heteroatoms. The minimum absolute atomic E-state index is 0.0569. The van der Waals surface area contributed by atoms with Crippen LogP contribution in [-0.4, -0.2) is 12.3 Å². The summed E-state index contributed by atoms with van der Waals surface area (Å²) in [6, 6.07) is 2.87. The summed E-state index contributed by atoms with van der Waals surface area (Å²) in [4.78, 5) is 0. The molecular weight excluding hydrogens is 394 g/mol. The van der Waals surface area contributed by atoms with E-state index in [-0.39, 0.29) is 17.6 Å². The molecule has 1 aromatic rings. The number of halogens is 6. The van der Waals surface area contributed by atoms with Gasteiger partial charge in [-0.3, -0.25) is 0 Å². The average molecular weight is 418 g/mol. The summed E-state index contributed by atoms with van der Waals surface area (Å²) < 4.78 is 90.1. The third kappa shape index (κ3) is 5.06. The van der Waals surface area contributed by atoms with Gasteiger partial charge in [0.15, 0.2) is 12.0 Å². The largest absolute Gasteiger partial charge is 0.431 e. The Balaban J connectivity index is 2.32. The van der Waals surface area contributed by atoms with Crippen LogP contribution in [0.3, 0.4) is 0 Å². The summed E-state index contributed by atoms with van der Waals surface area (Å²) >= 11 is 0. The van der Waals surface area contributed by atoms with Gasteiger partial charge in [0.1, 0.15) is 17.7 Å². The molecule has 0 aliphatic heterocycles. The van der Waals surface area contributed by atoms with Gasteiger partial charge in [-0.1, -0.05) is 26.0 Å². The molecule has 0 saturated heterocycles. The number of alkyl halides is 4. The fourth-order valence-corrected chi connectivity index (χ4v) is 3.14. The molecule has 0 bridgehead atoms. The van der Waals surface area contributed by atoms with Crippen molar-refractivity contribution in [1.82, 2.24) is 0 Å². The maximum atomic E-state index is 14.7. The van der Waals surface area contributed by atoms with Crippen LogP contribution in [-0.2, 0) is 17.3 Å². The number of hydrogen-bond acceptors (Lipinski definition) is 1. The van der Waals surface area contributed by atoms with Gasteiger partial charge in [-0.05, 0) is 55.5 Å². The lowest BCUT2D eigenvalue weighted by Gasteiger charge is -2.27. The van der Waals surface area contributed by atoms with Gasteiger partial charge in [0, 0.05) is 12.0 Å². The second-order valence-corrected chi connectivity index (χ2v) is 7.16. The monoisotopic (exact) mass is 418 g/mol. The summed E-state index contributed by atoms with van der Waals surface area (Å²) in [5.41, 5.74) is -0.965. The van der Waals surface area contributed by atoms with Crippen LogP contribution in [0.1, 0.15) is 51.2 Å². The molecule has 0 N–H and O–H groups in total. The zero-order chi connectivity index (χ0) is 21.9. The first-order valence-corrected chi connectivity index (χ1v) is 9.39. The van der Waals surface area contributed by atoms with Crippen LogP contribution in [0.5, 0.6) is 0 Å². The molecule has 160 valence electrons. The van der Waals surface area contributed by atoms with Crippen LogP contribution in [0.15, 0.2) is 53.1 Å². The Labute approximate surface area is 166 Å². The third-order valence-electron chi connectivity index (χ3n) is 4.98. The number of aryl methyl sites for hydroxylation is 1. The zero-order valence-electron chi connectivity index (χ0n) is 16.6. The molecule has 1 aliphatic rings. The molecule has 1 aromatic carbocycles. The second kappa shape index (κ2) is 9.09. The Kier molecular flexibility index (Phi) is 7.25. The van der Waals surface area contributed by atoms with E-state index in [1.165, 1.54) is 13.0 Å². The van der Waals surface area contributed by atoms with Gasteiger partial charge in [-0.25, -0.2) is 17.6 Å². The van der Waals surface area contributed by atoms with E-state index in [2.05, 4.69) is 11.3 Å². The lowest BCUT2D eigenvalue weighted by atomic mass is 9.85. The van der Waals surface area contributed by atoms with Crippen molar-refractivity contribution in [1.29, 1.82) is 0 Å². The Morgan fingerprint density at radius 1 is 1.28 bits per heavy atom. The van der Waals surface area contributed by atoms with Gasteiger partial charge in [-0.2, -0.15) is 8.78 Å². The molecule has 2 rings (SSSR count). The number of hydrogen-bond donors (Lipinski definition) is 0. The maximum absolute atomic E-state index is 14.7. The van der Waals surface area contributed by atoms with E-state index in [9.17, 15) is 26.3 Å². The van der Waals surface area contributed by atoms with E-state index in [4.69, 9.17) is 0 Å². The number of benzene rings is 1. The van der Waals surface area contributed by atoms with E-state index in [1.54, 1.807) is 0 Å². The molecular formula is C22H24F6O. The predicted octanol–water partition coefficient (Wildman–Crippen LogP) is 7.39. The smallest absolute Gasteiger partial charge is 0.426 e. The van der Waals surface area contributed by atoms with Crippen LogP contribution < -0.4 is 0 Å². The van der Waals surface area contributed by atoms with Crippen LogP contribution in [0.4, 0.5) is 26.3 Å². The number of ether oxygens (including phenoxy) is 1. The average Bonchev–Trinajstić information content (AvgIpc) is 2.65. The van der Waals surface area contributed by atoms with Gasteiger partial charge in [0.25, 0.3) is 0 Å². The van der Waals surface area contributed by atoms with Crippen LogP contribution in [0, 0.1) is 5.82 Å². The Bertz CT molecular complexity index is 840.